The van der Waals surface area contributed by atoms with Crippen LogP contribution >= 0.6 is 0 Å². The topological polar surface area (TPSA) is 101 Å². The van der Waals surface area contributed by atoms with Gasteiger partial charge in [-0.1, -0.05) is 12.1 Å². The van der Waals surface area contributed by atoms with Gasteiger partial charge in [0.15, 0.2) is 0 Å². The summed E-state index contributed by atoms with van der Waals surface area (Å²) in [4.78, 5) is 34.4. The summed E-state index contributed by atoms with van der Waals surface area (Å²) in [5.74, 6) is -0.781. The lowest BCUT2D eigenvalue weighted by Gasteiger charge is -2.09. The maximum Gasteiger partial charge on any atom is 0.230 e. The first-order valence-corrected chi connectivity index (χ1v) is 7.42. The molecule has 1 aromatic carbocycles. The fraction of sp³-hybridized carbons (Fsp3) is 0.438. The second-order valence-corrected chi connectivity index (χ2v) is 5.78. The number of rotatable bonds is 6. The van der Waals surface area contributed by atoms with Gasteiger partial charge in [0.1, 0.15) is 0 Å². The number of anilines is 1. The molecule has 0 radical (unpaired) electrons. The molecule has 3 amide bonds. The van der Waals surface area contributed by atoms with Crippen molar-refractivity contribution in [3.8, 4) is 0 Å². The summed E-state index contributed by atoms with van der Waals surface area (Å²) in [6, 6.07) is 7.32. The van der Waals surface area contributed by atoms with Gasteiger partial charge in [-0.15, -0.1) is 0 Å². The van der Waals surface area contributed by atoms with Crippen LogP contribution in [0.1, 0.15) is 31.7 Å². The second kappa shape index (κ2) is 7.17. The average Bonchev–Trinajstić information content (AvgIpc) is 2.77. The summed E-state index contributed by atoms with van der Waals surface area (Å²) in [7, 11) is 0. The van der Waals surface area contributed by atoms with Crippen LogP contribution in [0.2, 0.25) is 0 Å². The number of nitrogens with two attached hydrogens (primary N) is 1. The number of hydrogen-bond acceptors (Lipinski definition) is 4. The van der Waals surface area contributed by atoms with E-state index in [-0.39, 0.29) is 36.1 Å². The van der Waals surface area contributed by atoms with E-state index in [0.717, 1.165) is 5.56 Å². The fourth-order valence-electron chi connectivity index (χ4n) is 2.36. The summed E-state index contributed by atoms with van der Waals surface area (Å²) in [5.41, 5.74) is 7.29. The van der Waals surface area contributed by atoms with Crippen molar-refractivity contribution in [2.75, 3.05) is 5.32 Å². The molecule has 6 nitrogen and oxygen atoms in total. The summed E-state index contributed by atoms with van der Waals surface area (Å²) >= 11 is 0. The Morgan fingerprint density at radius 1 is 1.36 bits per heavy atom. The molecule has 0 spiro atoms. The molecule has 1 aliphatic rings. The predicted octanol–water partition coefficient (Wildman–Crippen LogP) is 0.958. The van der Waals surface area contributed by atoms with Crippen LogP contribution in [0.3, 0.4) is 0 Å². The number of amides is 3. The molecule has 118 valence electrons. The van der Waals surface area contributed by atoms with Gasteiger partial charge in [0.25, 0.3) is 0 Å². The highest BCUT2D eigenvalue weighted by molar-refractivity contribution is 6.03. The quantitative estimate of drug-likeness (QED) is 0.681. The SMILES string of the molecule is CC(N)CCC(=O)Nc1ccc(CC2CC(=O)NC2=O)cc1. The molecule has 1 saturated heterocycles. The number of hydrogen-bond donors (Lipinski definition) is 3. The van der Waals surface area contributed by atoms with Gasteiger partial charge in [-0.05, 0) is 37.5 Å². The molecule has 1 aromatic rings. The first-order chi connectivity index (χ1) is 10.4. The van der Waals surface area contributed by atoms with Crippen LogP contribution in [0.4, 0.5) is 5.69 Å². The van der Waals surface area contributed by atoms with Crippen molar-refractivity contribution in [3.63, 3.8) is 0 Å². The molecule has 1 heterocycles. The Labute approximate surface area is 129 Å². The van der Waals surface area contributed by atoms with Crippen LogP contribution in [0.15, 0.2) is 24.3 Å². The van der Waals surface area contributed by atoms with Crippen LogP contribution in [0.5, 0.6) is 0 Å². The van der Waals surface area contributed by atoms with Crippen LogP contribution < -0.4 is 16.4 Å². The van der Waals surface area contributed by atoms with E-state index in [0.29, 0.717) is 24.9 Å². The van der Waals surface area contributed by atoms with Crippen molar-refractivity contribution in [1.82, 2.24) is 5.32 Å². The van der Waals surface area contributed by atoms with Gasteiger partial charge in [0.2, 0.25) is 17.7 Å². The van der Waals surface area contributed by atoms with Gasteiger partial charge in [0, 0.05) is 24.6 Å². The molecule has 2 atom stereocenters. The third-order valence-electron chi connectivity index (χ3n) is 3.61. The van der Waals surface area contributed by atoms with Gasteiger partial charge in [-0.3, -0.25) is 19.7 Å². The van der Waals surface area contributed by atoms with E-state index in [2.05, 4.69) is 10.6 Å². The molecular formula is C16H21N3O3. The highest BCUT2D eigenvalue weighted by Crippen LogP contribution is 2.19. The second-order valence-electron chi connectivity index (χ2n) is 5.78. The van der Waals surface area contributed by atoms with Crippen LogP contribution in [-0.4, -0.2) is 23.8 Å². The number of nitrogens with one attached hydrogen (secondary N) is 2. The molecule has 2 rings (SSSR count). The molecule has 6 heteroatoms. The average molecular weight is 303 g/mol. The van der Waals surface area contributed by atoms with Crippen molar-refractivity contribution < 1.29 is 14.4 Å². The van der Waals surface area contributed by atoms with E-state index in [1.165, 1.54) is 0 Å². The number of carbonyl (C=O) groups excluding carboxylic acids is 3. The van der Waals surface area contributed by atoms with Crippen LogP contribution in [-0.2, 0) is 20.8 Å². The minimum absolute atomic E-state index is 0.00777. The van der Waals surface area contributed by atoms with Crippen molar-refractivity contribution >= 4 is 23.4 Å². The summed E-state index contributed by atoms with van der Waals surface area (Å²) in [5, 5.41) is 5.11. The highest BCUT2D eigenvalue weighted by Gasteiger charge is 2.30. The fourth-order valence-corrected chi connectivity index (χ4v) is 2.36. The molecular weight excluding hydrogens is 282 g/mol. The van der Waals surface area contributed by atoms with Gasteiger partial charge in [-0.2, -0.15) is 0 Å². The van der Waals surface area contributed by atoms with Crippen molar-refractivity contribution in [3.05, 3.63) is 29.8 Å². The lowest BCUT2D eigenvalue weighted by atomic mass is 9.98. The monoisotopic (exact) mass is 303 g/mol. The van der Waals surface area contributed by atoms with Crippen LogP contribution in [0, 0.1) is 5.92 Å². The lowest BCUT2D eigenvalue weighted by molar-refractivity contribution is -0.125. The van der Waals surface area contributed by atoms with Gasteiger partial charge in [-0.25, -0.2) is 0 Å². The van der Waals surface area contributed by atoms with Gasteiger partial charge >= 0.3 is 0 Å². The normalized spacial score (nSPS) is 18.9. The van der Waals surface area contributed by atoms with Crippen LogP contribution in [0.25, 0.3) is 0 Å². The minimum atomic E-state index is -0.293. The number of benzene rings is 1. The lowest BCUT2D eigenvalue weighted by Crippen LogP contribution is -2.22. The minimum Gasteiger partial charge on any atom is -0.328 e. The molecule has 0 aromatic heterocycles. The van der Waals surface area contributed by atoms with E-state index >= 15 is 0 Å². The molecule has 0 aliphatic carbocycles. The zero-order chi connectivity index (χ0) is 16.1. The van der Waals surface area contributed by atoms with Crippen molar-refractivity contribution in [2.24, 2.45) is 11.7 Å². The predicted molar refractivity (Wildman–Crippen MR) is 82.9 cm³/mol. The Kier molecular flexibility index (Phi) is 5.27. The number of carbonyl (C=O) groups is 3. The zero-order valence-corrected chi connectivity index (χ0v) is 12.6. The van der Waals surface area contributed by atoms with E-state index in [1.807, 2.05) is 19.1 Å². The molecule has 0 bridgehead atoms. The standard InChI is InChI=1S/C16H21N3O3/c1-10(17)2-7-14(20)18-13-5-3-11(4-6-13)8-12-9-15(21)19-16(12)22/h3-6,10,12H,2,7-9,17H2,1H3,(H,18,20)(H,19,21,22). The summed E-state index contributed by atoms with van der Waals surface area (Å²) in [6.07, 6.45) is 1.81. The third kappa shape index (κ3) is 4.66. The van der Waals surface area contributed by atoms with Crippen molar-refractivity contribution in [2.45, 2.75) is 38.6 Å². The first-order valence-electron chi connectivity index (χ1n) is 7.42. The Hall–Kier alpha value is -2.21. The Morgan fingerprint density at radius 3 is 2.59 bits per heavy atom. The van der Waals surface area contributed by atoms with E-state index in [1.54, 1.807) is 12.1 Å². The van der Waals surface area contributed by atoms with Gasteiger partial charge in [0.05, 0.1) is 5.92 Å². The van der Waals surface area contributed by atoms with Gasteiger partial charge < -0.3 is 11.1 Å². The maximum atomic E-state index is 11.7. The third-order valence-corrected chi connectivity index (χ3v) is 3.61. The zero-order valence-electron chi connectivity index (χ0n) is 12.6. The largest absolute Gasteiger partial charge is 0.328 e. The summed E-state index contributed by atoms with van der Waals surface area (Å²) in [6.45, 7) is 1.87. The molecule has 1 aliphatic heterocycles. The maximum absolute atomic E-state index is 11.7. The summed E-state index contributed by atoms with van der Waals surface area (Å²) < 4.78 is 0. The van der Waals surface area contributed by atoms with E-state index < -0.39 is 0 Å². The Bertz CT molecular complexity index is 567. The highest BCUT2D eigenvalue weighted by atomic mass is 16.2. The Morgan fingerprint density at radius 2 is 2.05 bits per heavy atom. The first kappa shape index (κ1) is 16.2. The van der Waals surface area contributed by atoms with E-state index in [4.69, 9.17) is 5.73 Å². The smallest absolute Gasteiger partial charge is 0.230 e. The molecule has 4 N–H and O–H groups in total. The molecule has 0 saturated carbocycles. The van der Waals surface area contributed by atoms with Crippen molar-refractivity contribution in [1.29, 1.82) is 0 Å². The van der Waals surface area contributed by atoms with E-state index in [9.17, 15) is 14.4 Å². The number of imide groups is 1. The molecule has 1 fully saturated rings. The Balaban J connectivity index is 1.86. The molecule has 2 unspecified atom stereocenters. The molecule has 22 heavy (non-hydrogen) atoms.